The Morgan fingerprint density at radius 1 is 1.27 bits per heavy atom. The number of nitrogens with two attached hydrogens (primary N) is 1. The van der Waals surface area contributed by atoms with Gasteiger partial charge in [-0.15, -0.1) is 0 Å². The second-order valence-corrected chi connectivity index (χ2v) is 5.04. The molecule has 0 aliphatic rings. The number of amides is 1. The summed E-state index contributed by atoms with van der Waals surface area (Å²) in [4.78, 5) is 12.2. The van der Waals surface area contributed by atoms with Crippen molar-refractivity contribution >= 4 is 28.9 Å². The topological polar surface area (TPSA) is 76.7 Å². The molecule has 6 heteroatoms. The Morgan fingerprint density at radius 3 is 2.73 bits per heavy atom. The Balaban J connectivity index is 2.19. The normalized spacial score (nSPS) is 11.1. The molecule has 0 spiro atoms. The van der Waals surface area contributed by atoms with Crippen molar-refractivity contribution in [1.29, 1.82) is 0 Å². The van der Waals surface area contributed by atoms with Crippen molar-refractivity contribution in [3.8, 4) is 5.75 Å². The summed E-state index contributed by atoms with van der Waals surface area (Å²) in [5, 5.41) is 4.53. The van der Waals surface area contributed by atoms with E-state index in [1.807, 2.05) is 12.1 Å². The monoisotopic (exact) mass is 317 g/mol. The number of hydrogen-bond acceptors (Lipinski definition) is 4. The van der Waals surface area contributed by atoms with E-state index in [1.54, 1.807) is 31.2 Å². The molecule has 0 aliphatic heterocycles. The highest BCUT2D eigenvalue weighted by Gasteiger charge is 2.12. The zero-order valence-electron chi connectivity index (χ0n) is 12.3. The van der Waals surface area contributed by atoms with Gasteiger partial charge in [-0.25, -0.2) is 5.43 Å². The van der Waals surface area contributed by atoms with E-state index in [1.165, 1.54) is 13.2 Å². The van der Waals surface area contributed by atoms with Crippen molar-refractivity contribution in [2.75, 3.05) is 12.8 Å². The first-order chi connectivity index (χ1) is 10.5. The van der Waals surface area contributed by atoms with E-state index >= 15 is 0 Å². The number of carbonyl (C=O) groups is 1. The molecule has 2 aromatic rings. The van der Waals surface area contributed by atoms with Crippen molar-refractivity contribution in [3.05, 3.63) is 58.6 Å². The lowest BCUT2D eigenvalue weighted by Gasteiger charge is -2.08. The fourth-order valence-corrected chi connectivity index (χ4v) is 2.05. The van der Waals surface area contributed by atoms with Crippen molar-refractivity contribution in [3.63, 3.8) is 0 Å². The van der Waals surface area contributed by atoms with Crippen LogP contribution in [0.1, 0.15) is 22.8 Å². The number of nitrogens with one attached hydrogen (secondary N) is 1. The molecule has 0 saturated carbocycles. The van der Waals surface area contributed by atoms with E-state index in [-0.39, 0.29) is 0 Å². The Morgan fingerprint density at radius 2 is 2.05 bits per heavy atom. The van der Waals surface area contributed by atoms with Gasteiger partial charge in [0, 0.05) is 10.7 Å². The molecule has 0 bridgehead atoms. The molecular formula is C16H16ClN3O2. The lowest BCUT2D eigenvalue weighted by molar-refractivity contribution is 0.0952. The fraction of sp³-hybridized carbons (Fsp3) is 0.125. The number of rotatable bonds is 4. The third-order valence-electron chi connectivity index (χ3n) is 3.04. The minimum Gasteiger partial charge on any atom is -0.496 e. The molecule has 2 rings (SSSR count). The average Bonchev–Trinajstić information content (AvgIpc) is 2.52. The molecule has 0 fully saturated rings. The van der Waals surface area contributed by atoms with Crippen LogP contribution in [0.2, 0.25) is 5.02 Å². The maximum absolute atomic E-state index is 12.2. The average molecular weight is 318 g/mol. The van der Waals surface area contributed by atoms with Crippen LogP contribution in [0.3, 0.4) is 0 Å². The van der Waals surface area contributed by atoms with Crippen molar-refractivity contribution in [2.24, 2.45) is 5.10 Å². The van der Waals surface area contributed by atoms with Crippen LogP contribution in [0.5, 0.6) is 5.75 Å². The Labute approximate surface area is 133 Å². The third kappa shape index (κ3) is 3.77. The summed E-state index contributed by atoms with van der Waals surface area (Å²) >= 11 is 5.91. The third-order valence-corrected chi connectivity index (χ3v) is 3.27. The van der Waals surface area contributed by atoms with Crippen LogP contribution in [-0.2, 0) is 0 Å². The standard InChI is InChI=1S/C16H16ClN3O2/c1-10(11-4-3-5-13(18)8-11)19-20-16(21)14-9-12(17)6-7-15(14)22-2/h3-9H,18H2,1-2H3,(H,20,21). The lowest BCUT2D eigenvalue weighted by Crippen LogP contribution is -2.20. The van der Waals surface area contributed by atoms with Crippen molar-refractivity contribution in [2.45, 2.75) is 6.92 Å². The first kappa shape index (κ1) is 15.9. The number of nitrogens with zero attached hydrogens (tertiary/aromatic N) is 1. The molecule has 22 heavy (non-hydrogen) atoms. The van der Waals surface area contributed by atoms with Crippen LogP contribution >= 0.6 is 11.6 Å². The zero-order valence-corrected chi connectivity index (χ0v) is 13.0. The summed E-state index contributed by atoms with van der Waals surface area (Å²) in [7, 11) is 1.49. The van der Waals surface area contributed by atoms with E-state index in [2.05, 4.69) is 10.5 Å². The maximum atomic E-state index is 12.2. The number of carbonyl (C=O) groups excluding carboxylic acids is 1. The van der Waals surface area contributed by atoms with Gasteiger partial charge in [-0.1, -0.05) is 23.7 Å². The molecule has 0 saturated heterocycles. The second-order valence-electron chi connectivity index (χ2n) is 4.61. The van der Waals surface area contributed by atoms with Crippen LogP contribution in [-0.4, -0.2) is 18.7 Å². The van der Waals surface area contributed by atoms with Crippen LogP contribution in [0.25, 0.3) is 0 Å². The first-order valence-corrected chi connectivity index (χ1v) is 6.93. The van der Waals surface area contributed by atoms with E-state index in [9.17, 15) is 4.79 Å². The first-order valence-electron chi connectivity index (χ1n) is 6.55. The molecule has 2 aromatic carbocycles. The maximum Gasteiger partial charge on any atom is 0.275 e. The van der Waals surface area contributed by atoms with Gasteiger partial charge in [0.2, 0.25) is 0 Å². The molecule has 114 valence electrons. The van der Waals surface area contributed by atoms with Crippen LogP contribution < -0.4 is 15.9 Å². The van der Waals surface area contributed by atoms with Crippen LogP contribution in [0.4, 0.5) is 5.69 Å². The van der Waals surface area contributed by atoms with Crippen molar-refractivity contribution < 1.29 is 9.53 Å². The molecule has 3 N–H and O–H groups in total. The van der Waals surface area contributed by atoms with Gasteiger partial charge in [0.05, 0.1) is 18.4 Å². The summed E-state index contributed by atoms with van der Waals surface area (Å²) in [6, 6.07) is 12.1. The molecule has 1 amide bonds. The lowest BCUT2D eigenvalue weighted by atomic mass is 10.1. The van der Waals surface area contributed by atoms with Crippen LogP contribution in [0.15, 0.2) is 47.6 Å². The number of ether oxygens (including phenoxy) is 1. The van der Waals surface area contributed by atoms with Gasteiger partial charge in [0.1, 0.15) is 5.75 Å². The number of methoxy groups -OCH3 is 1. The second kappa shape index (κ2) is 6.95. The van der Waals surface area contributed by atoms with Crippen LogP contribution in [0, 0.1) is 0 Å². The van der Waals surface area contributed by atoms with Crippen molar-refractivity contribution in [1.82, 2.24) is 5.43 Å². The number of anilines is 1. The fourth-order valence-electron chi connectivity index (χ4n) is 1.88. The summed E-state index contributed by atoms with van der Waals surface area (Å²) in [6.07, 6.45) is 0. The minimum atomic E-state index is -0.400. The summed E-state index contributed by atoms with van der Waals surface area (Å²) in [5.41, 5.74) is 10.6. The SMILES string of the molecule is COc1ccc(Cl)cc1C(=O)NN=C(C)c1cccc(N)c1. The summed E-state index contributed by atoms with van der Waals surface area (Å²) in [6.45, 7) is 1.78. The molecule has 0 heterocycles. The predicted molar refractivity (Wildman–Crippen MR) is 88.5 cm³/mol. The number of halogens is 1. The predicted octanol–water partition coefficient (Wildman–Crippen LogP) is 3.08. The number of benzene rings is 2. The summed E-state index contributed by atoms with van der Waals surface area (Å²) in [5.74, 6) is 0.0290. The summed E-state index contributed by atoms with van der Waals surface area (Å²) < 4.78 is 5.14. The highest BCUT2D eigenvalue weighted by molar-refractivity contribution is 6.31. The molecule has 0 unspecified atom stereocenters. The van der Waals surface area contributed by atoms with Gasteiger partial charge in [0.15, 0.2) is 0 Å². The number of hydrazone groups is 1. The molecule has 0 atom stereocenters. The molecule has 5 nitrogen and oxygen atoms in total. The Hall–Kier alpha value is -2.53. The van der Waals surface area contributed by atoms with Gasteiger partial charge in [0.25, 0.3) is 5.91 Å². The highest BCUT2D eigenvalue weighted by atomic mass is 35.5. The molecular weight excluding hydrogens is 302 g/mol. The number of hydrogen-bond donors (Lipinski definition) is 2. The van der Waals surface area contributed by atoms with E-state index < -0.39 is 5.91 Å². The van der Waals surface area contributed by atoms with Gasteiger partial charge in [-0.05, 0) is 42.8 Å². The highest BCUT2D eigenvalue weighted by Crippen LogP contribution is 2.22. The molecule has 0 aromatic heterocycles. The van der Waals surface area contributed by atoms with Gasteiger partial charge < -0.3 is 10.5 Å². The minimum absolute atomic E-state index is 0.319. The smallest absolute Gasteiger partial charge is 0.275 e. The Bertz CT molecular complexity index is 729. The van der Waals surface area contributed by atoms with E-state index in [4.69, 9.17) is 22.1 Å². The van der Waals surface area contributed by atoms with Gasteiger partial charge >= 0.3 is 0 Å². The largest absolute Gasteiger partial charge is 0.496 e. The van der Waals surface area contributed by atoms with Gasteiger partial charge in [-0.2, -0.15) is 5.10 Å². The number of nitrogen functional groups attached to an aromatic ring is 1. The van der Waals surface area contributed by atoms with Gasteiger partial charge in [-0.3, -0.25) is 4.79 Å². The van der Waals surface area contributed by atoms with E-state index in [0.717, 1.165) is 5.56 Å². The zero-order chi connectivity index (χ0) is 16.1. The quantitative estimate of drug-likeness (QED) is 0.517. The molecule has 0 aliphatic carbocycles. The molecule has 0 radical (unpaired) electrons. The van der Waals surface area contributed by atoms with E-state index in [0.29, 0.717) is 27.7 Å². The Kier molecular flexibility index (Phi) is 5.01.